The topological polar surface area (TPSA) is 70.6 Å². The molecule has 0 aromatic rings. The van der Waals surface area contributed by atoms with Gasteiger partial charge in [0.15, 0.2) is 0 Å². The van der Waals surface area contributed by atoms with Crippen molar-refractivity contribution in [1.29, 1.82) is 0 Å². The minimum Gasteiger partial charge on any atom is -0.391 e. The van der Waals surface area contributed by atoms with Gasteiger partial charge in [-0.2, -0.15) is 0 Å². The second-order valence-electron chi connectivity index (χ2n) is 5.47. The third-order valence-electron chi connectivity index (χ3n) is 3.88. The molecule has 4 atom stereocenters. The predicted molar refractivity (Wildman–Crippen MR) is 75.4 cm³/mol. The van der Waals surface area contributed by atoms with Gasteiger partial charge in [-0.1, -0.05) is 0 Å². The van der Waals surface area contributed by atoms with E-state index in [1.807, 2.05) is 0 Å². The Kier molecular flexibility index (Phi) is 7.07. The molecule has 3 N–H and O–H groups in total. The average Bonchev–Trinajstić information content (AvgIpc) is 2.93. The maximum absolute atomic E-state index is 11.7. The molecular formula is C13H25ClN2O3. The molecular weight excluding hydrogens is 268 g/mol. The standard InChI is InChI=1S/C13H24N2O3.ClH/c1-9-2-3-11(18-9)4-5-13(17)15-7-10-6-14-8-12(10)16;/h9-12,14,16H,2-8H2,1H3,(H,15,17);1H. The number of carbonyl (C=O) groups is 1. The number of aliphatic hydroxyl groups is 1. The van der Waals surface area contributed by atoms with Crippen LogP contribution >= 0.6 is 12.4 Å². The largest absolute Gasteiger partial charge is 0.391 e. The Balaban J connectivity index is 0.00000180. The van der Waals surface area contributed by atoms with Crippen molar-refractivity contribution in [2.24, 2.45) is 5.92 Å². The van der Waals surface area contributed by atoms with E-state index < -0.39 is 0 Å². The number of nitrogens with one attached hydrogen (secondary N) is 2. The number of β-amino-alcohol motifs (C(OH)–C–C–N with tert-alkyl or cyclic N) is 1. The van der Waals surface area contributed by atoms with Crippen LogP contribution in [0, 0.1) is 5.92 Å². The van der Waals surface area contributed by atoms with Gasteiger partial charge in [0.2, 0.25) is 5.91 Å². The van der Waals surface area contributed by atoms with E-state index in [0.717, 1.165) is 25.8 Å². The van der Waals surface area contributed by atoms with Crippen molar-refractivity contribution in [3.05, 3.63) is 0 Å². The van der Waals surface area contributed by atoms with E-state index in [0.29, 0.717) is 25.6 Å². The number of carbonyl (C=O) groups excluding carboxylic acids is 1. The Bertz CT molecular complexity index is 291. The lowest BCUT2D eigenvalue weighted by Gasteiger charge is -2.15. The molecule has 5 nitrogen and oxygen atoms in total. The molecule has 0 aromatic carbocycles. The van der Waals surface area contributed by atoms with Crippen molar-refractivity contribution in [2.75, 3.05) is 19.6 Å². The molecule has 2 fully saturated rings. The third kappa shape index (κ3) is 5.26. The monoisotopic (exact) mass is 292 g/mol. The fraction of sp³-hybridized carbons (Fsp3) is 0.923. The van der Waals surface area contributed by atoms with E-state index in [-0.39, 0.29) is 36.4 Å². The van der Waals surface area contributed by atoms with E-state index in [9.17, 15) is 9.90 Å². The Morgan fingerprint density at radius 2 is 2.21 bits per heavy atom. The average molecular weight is 293 g/mol. The first-order valence-electron chi connectivity index (χ1n) is 6.96. The van der Waals surface area contributed by atoms with Crippen molar-refractivity contribution in [3.8, 4) is 0 Å². The molecule has 2 aliphatic heterocycles. The summed E-state index contributed by atoms with van der Waals surface area (Å²) in [6.45, 7) is 4.06. The highest BCUT2D eigenvalue weighted by Gasteiger charge is 2.25. The van der Waals surface area contributed by atoms with Crippen LogP contribution in [-0.2, 0) is 9.53 Å². The van der Waals surface area contributed by atoms with Gasteiger partial charge in [0, 0.05) is 32.0 Å². The zero-order valence-corrected chi connectivity index (χ0v) is 12.2. The number of hydrogen-bond donors (Lipinski definition) is 3. The summed E-state index contributed by atoms with van der Waals surface area (Å²) in [5.74, 6) is 0.217. The number of halogens is 1. The van der Waals surface area contributed by atoms with Crippen molar-refractivity contribution >= 4 is 18.3 Å². The fourth-order valence-corrected chi connectivity index (χ4v) is 2.65. The van der Waals surface area contributed by atoms with Gasteiger partial charge >= 0.3 is 0 Å². The fourth-order valence-electron chi connectivity index (χ4n) is 2.65. The van der Waals surface area contributed by atoms with Crippen molar-refractivity contribution < 1.29 is 14.6 Å². The highest BCUT2D eigenvalue weighted by atomic mass is 35.5. The molecule has 0 spiro atoms. The van der Waals surface area contributed by atoms with Crippen LogP contribution in [-0.4, -0.2) is 49.0 Å². The molecule has 0 radical (unpaired) electrons. The van der Waals surface area contributed by atoms with Crippen LogP contribution in [0.2, 0.25) is 0 Å². The van der Waals surface area contributed by atoms with Gasteiger partial charge in [-0.3, -0.25) is 4.79 Å². The smallest absolute Gasteiger partial charge is 0.220 e. The van der Waals surface area contributed by atoms with E-state index in [2.05, 4.69) is 17.6 Å². The first-order valence-corrected chi connectivity index (χ1v) is 6.96. The van der Waals surface area contributed by atoms with E-state index in [1.165, 1.54) is 0 Å². The van der Waals surface area contributed by atoms with Crippen LogP contribution < -0.4 is 10.6 Å². The summed E-state index contributed by atoms with van der Waals surface area (Å²) in [6.07, 6.45) is 3.77. The summed E-state index contributed by atoms with van der Waals surface area (Å²) in [5, 5.41) is 15.6. The second kappa shape index (κ2) is 8.04. The lowest BCUT2D eigenvalue weighted by molar-refractivity contribution is -0.122. The molecule has 1 amide bonds. The number of aliphatic hydroxyl groups excluding tert-OH is 1. The summed E-state index contributed by atoms with van der Waals surface area (Å²) in [7, 11) is 0. The Hall–Kier alpha value is -0.360. The Labute approximate surface area is 120 Å². The Morgan fingerprint density at radius 3 is 2.79 bits per heavy atom. The minimum atomic E-state index is -0.329. The second-order valence-corrected chi connectivity index (χ2v) is 5.47. The molecule has 2 aliphatic rings. The maximum atomic E-state index is 11.7. The van der Waals surface area contributed by atoms with E-state index in [1.54, 1.807) is 0 Å². The van der Waals surface area contributed by atoms with Gasteiger partial charge in [-0.05, 0) is 26.2 Å². The van der Waals surface area contributed by atoms with Crippen LogP contribution in [0.25, 0.3) is 0 Å². The molecule has 2 heterocycles. The van der Waals surface area contributed by atoms with Gasteiger partial charge in [0.25, 0.3) is 0 Å². The van der Waals surface area contributed by atoms with Gasteiger partial charge in [-0.15, -0.1) is 12.4 Å². The quantitative estimate of drug-likeness (QED) is 0.688. The number of hydrogen-bond acceptors (Lipinski definition) is 4. The summed E-state index contributed by atoms with van der Waals surface area (Å²) in [4.78, 5) is 11.7. The predicted octanol–water partition coefficient (Wildman–Crippen LogP) is 0.452. The number of amides is 1. The molecule has 0 aromatic heterocycles. The lowest BCUT2D eigenvalue weighted by Crippen LogP contribution is -2.34. The summed E-state index contributed by atoms with van der Waals surface area (Å²) >= 11 is 0. The van der Waals surface area contributed by atoms with Crippen LogP contribution in [0.5, 0.6) is 0 Å². The van der Waals surface area contributed by atoms with Gasteiger partial charge in [0.05, 0.1) is 18.3 Å². The van der Waals surface area contributed by atoms with Crippen LogP contribution in [0.15, 0.2) is 0 Å². The summed E-state index contributed by atoms with van der Waals surface area (Å²) in [6, 6.07) is 0. The molecule has 0 aliphatic carbocycles. The third-order valence-corrected chi connectivity index (χ3v) is 3.88. The number of rotatable bonds is 5. The molecule has 112 valence electrons. The van der Waals surface area contributed by atoms with Gasteiger partial charge in [-0.25, -0.2) is 0 Å². The molecule has 6 heteroatoms. The Morgan fingerprint density at radius 1 is 1.42 bits per heavy atom. The SMILES string of the molecule is CC1CCC(CCC(=O)NCC2CNCC2O)O1.Cl. The zero-order chi connectivity index (χ0) is 13.0. The van der Waals surface area contributed by atoms with Crippen LogP contribution in [0.1, 0.15) is 32.6 Å². The number of ether oxygens (including phenoxy) is 1. The molecule has 19 heavy (non-hydrogen) atoms. The van der Waals surface area contributed by atoms with Gasteiger partial charge < -0.3 is 20.5 Å². The lowest BCUT2D eigenvalue weighted by atomic mass is 10.1. The summed E-state index contributed by atoms with van der Waals surface area (Å²) in [5.41, 5.74) is 0. The highest BCUT2D eigenvalue weighted by molar-refractivity contribution is 5.85. The first kappa shape index (κ1) is 16.7. The van der Waals surface area contributed by atoms with Crippen molar-refractivity contribution in [2.45, 2.75) is 50.9 Å². The molecule has 0 saturated carbocycles. The van der Waals surface area contributed by atoms with Crippen molar-refractivity contribution in [3.63, 3.8) is 0 Å². The molecule has 0 bridgehead atoms. The summed E-state index contributed by atoms with van der Waals surface area (Å²) < 4.78 is 5.68. The normalized spacial score (nSPS) is 34.0. The van der Waals surface area contributed by atoms with Gasteiger partial charge in [0.1, 0.15) is 0 Å². The van der Waals surface area contributed by atoms with Crippen LogP contribution in [0.4, 0.5) is 0 Å². The maximum Gasteiger partial charge on any atom is 0.220 e. The van der Waals surface area contributed by atoms with E-state index in [4.69, 9.17) is 4.74 Å². The zero-order valence-electron chi connectivity index (χ0n) is 11.4. The molecule has 2 rings (SSSR count). The minimum absolute atomic E-state index is 0. The van der Waals surface area contributed by atoms with Crippen molar-refractivity contribution in [1.82, 2.24) is 10.6 Å². The molecule has 2 saturated heterocycles. The van der Waals surface area contributed by atoms with Crippen LogP contribution in [0.3, 0.4) is 0 Å². The first-order chi connectivity index (χ1) is 8.65. The highest BCUT2D eigenvalue weighted by Crippen LogP contribution is 2.22. The molecule has 4 unspecified atom stereocenters. The van der Waals surface area contributed by atoms with E-state index >= 15 is 0 Å².